The highest BCUT2D eigenvalue weighted by Crippen LogP contribution is 2.14. The van der Waals surface area contributed by atoms with Crippen LogP contribution in [0.2, 0.25) is 0 Å². The number of carbonyl (C=O) groups is 1. The van der Waals surface area contributed by atoms with Crippen molar-refractivity contribution in [2.75, 3.05) is 6.54 Å². The van der Waals surface area contributed by atoms with E-state index in [9.17, 15) is 4.79 Å². The van der Waals surface area contributed by atoms with Crippen molar-refractivity contribution < 1.29 is 4.79 Å². The van der Waals surface area contributed by atoms with Gasteiger partial charge in [-0.05, 0) is 25.3 Å². The minimum absolute atomic E-state index is 0.0634. The number of hydrogen-bond donors (Lipinski definition) is 2. The van der Waals surface area contributed by atoms with Gasteiger partial charge in [-0.1, -0.05) is 13.3 Å². The van der Waals surface area contributed by atoms with Gasteiger partial charge in [-0.25, -0.2) is 0 Å². The molecular weight excluding hydrogens is 230 g/mol. The van der Waals surface area contributed by atoms with Crippen LogP contribution in [0.15, 0.2) is 6.33 Å². The molecule has 0 radical (unpaired) electrons. The molecule has 0 spiro atoms. The van der Waals surface area contributed by atoms with Crippen molar-refractivity contribution in [3.63, 3.8) is 0 Å². The normalized spacial score (nSPS) is 12.4. The van der Waals surface area contributed by atoms with E-state index in [0.29, 0.717) is 25.4 Å². The number of aryl methyl sites for hydroxylation is 1. The molecule has 0 bridgehead atoms. The quantitative estimate of drug-likeness (QED) is 0.710. The van der Waals surface area contributed by atoms with Crippen LogP contribution in [0.4, 0.5) is 0 Å². The van der Waals surface area contributed by atoms with Crippen molar-refractivity contribution >= 4 is 5.91 Å². The molecule has 1 aromatic heterocycles. The molecule has 0 aromatic carbocycles. The Hall–Kier alpha value is -1.43. The molecule has 18 heavy (non-hydrogen) atoms. The Labute approximate surface area is 108 Å². The molecule has 0 saturated heterocycles. The zero-order valence-electron chi connectivity index (χ0n) is 11.2. The summed E-state index contributed by atoms with van der Waals surface area (Å²) in [6, 6.07) is 0. The van der Waals surface area contributed by atoms with E-state index < -0.39 is 0 Å². The first-order chi connectivity index (χ1) is 8.67. The highest BCUT2D eigenvalue weighted by molar-refractivity contribution is 5.75. The topological polar surface area (TPSA) is 85.8 Å². The second-order valence-corrected chi connectivity index (χ2v) is 4.53. The molecule has 3 N–H and O–H groups in total. The first kappa shape index (κ1) is 14.6. The molecule has 0 aliphatic carbocycles. The zero-order chi connectivity index (χ0) is 13.4. The van der Waals surface area contributed by atoms with Gasteiger partial charge in [-0.2, -0.15) is 0 Å². The maximum atomic E-state index is 11.7. The van der Waals surface area contributed by atoms with Crippen LogP contribution in [0, 0.1) is 5.92 Å². The van der Waals surface area contributed by atoms with Crippen molar-refractivity contribution in [1.29, 1.82) is 0 Å². The Balaban J connectivity index is 2.23. The second-order valence-electron chi connectivity index (χ2n) is 4.53. The lowest BCUT2D eigenvalue weighted by Crippen LogP contribution is -2.25. The number of nitrogens with zero attached hydrogens (tertiary/aromatic N) is 3. The molecule has 102 valence electrons. The third-order valence-electron chi connectivity index (χ3n) is 3.18. The van der Waals surface area contributed by atoms with E-state index in [2.05, 4.69) is 22.4 Å². The number of amides is 1. The Morgan fingerprint density at radius 1 is 1.56 bits per heavy atom. The van der Waals surface area contributed by atoms with Gasteiger partial charge in [0, 0.05) is 13.5 Å². The third-order valence-corrected chi connectivity index (χ3v) is 3.18. The maximum Gasteiger partial charge on any atom is 0.220 e. The average Bonchev–Trinajstić information content (AvgIpc) is 2.77. The molecule has 1 amide bonds. The van der Waals surface area contributed by atoms with Crippen molar-refractivity contribution in [1.82, 2.24) is 20.1 Å². The standard InChI is InChI=1S/C12H23N5O/c1-3-10(6-7-13)4-5-12(18)14-8-11-16-15-9-17(11)2/h9-10H,3-8,13H2,1-2H3,(H,14,18). The highest BCUT2D eigenvalue weighted by atomic mass is 16.1. The Kier molecular flexibility index (Phi) is 6.35. The Morgan fingerprint density at radius 2 is 2.33 bits per heavy atom. The van der Waals surface area contributed by atoms with E-state index in [1.165, 1.54) is 0 Å². The van der Waals surface area contributed by atoms with Crippen LogP contribution in [0.5, 0.6) is 0 Å². The van der Waals surface area contributed by atoms with Gasteiger partial charge in [0.05, 0.1) is 6.54 Å². The molecule has 1 atom stereocenters. The van der Waals surface area contributed by atoms with Crippen LogP contribution in [-0.4, -0.2) is 27.2 Å². The van der Waals surface area contributed by atoms with Crippen molar-refractivity contribution in [2.45, 2.75) is 39.2 Å². The van der Waals surface area contributed by atoms with E-state index in [1.54, 1.807) is 10.9 Å². The largest absolute Gasteiger partial charge is 0.349 e. The molecule has 6 nitrogen and oxygen atoms in total. The lowest BCUT2D eigenvalue weighted by molar-refractivity contribution is -0.121. The van der Waals surface area contributed by atoms with Gasteiger partial charge in [0.1, 0.15) is 6.33 Å². The summed E-state index contributed by atoms with van der Waals surface area (Å²) in [6.45, 7) is 3.26. The molecule has 1 aromatic rings. The Bertz CT molecular complexity index is 363. The molecular formula is C12H23N5O. The fourth-order valence-electron chi connectivity index (χ4n) is 1.86. The van der Waals surface area contributed by atoms with E-state index >= 15 is 0 Å². The van der Waals surface area contributed by atoms with E-state index in [4.69, 9.17) is 5.73 Å². The molecule has 6 heteroatoms. The van der Waals surface area contributed by atoms with E-state index in [1.807, 2.05) is 7.05 Å². The molecule has 1 rings (SSSR count). The molecule has 0 aliphatic heterocycles. The predicted molar refractivity (Wildman–Crippen MR) is 69.5 cm³/mol. The SMILES string of the molecule is CCC(CCN)CCC(=O)NCc1nncn1C. The van der Waals surface area contributed by atoms with Crippen LogP contribution in [0.1, 0.15) is 38.4 Å². The first-order valence-electron chi connectivity index (χ1n) is 6.47. The molecule has 0 aliphatic rings. The summed E-state index contributed by atoms with van der Waals surface area (Å²) in [6.07, 6.45) is 5.14. The minimum Gasteiger partial charge on any atom is -0.349 e. The lowest BCUT2D eigenvalue weighted by Gasteiger charge is -2.13. The van der Waals surface area contributed by atoms with Crippen molar-refractivity contribution in [3.8, 4) is 0 Å². The second kappa shape index (κ2) is 7.81. The number of nitrogens with one attached hydrogen (secondary N) is 1. The van der Waals surface area contributed by atoms with Gasteiger partial charge < -0.3 is 15.6 Å². The molecule has 0 fully saturated rings. The summed E-state index contributed by atoms with van der Waals surface area (Å²) in [5.41, 5.74) is 5.53. The van der Waals surface area contributed by atoms with Gasteiger partial charge in [0.15, 0.2) is 5.82 Å². The van der Waals surface area contributed by atoms with Gasteiger partial charge >= 0.3 is 0 Å². The van der Waals surface area contributed by atoms with Crippen LogP contribution in [-0.2, 0) is 18.4 Å². The average molecular weight is 253 g/mol. The molecule has 1 heterocycles. The monoisotopic (exact) mass is 253 g/mol. The van der Waals surface area contributed by atoms with Gasteiger partial charge in [-0.15, -0.1) is 10.2 Å². The summed E-state index contributed by atoms with van der Waals surface area (Å²) in [5, 5.41) is 10.5. The smallest absolute Gasteiger partial charge is 0.220 e. The van der Waals surface area contributed by atoms with E-state index in [-0.39, 0.29) is 5.91 Å². The summed E-state index contributed by atoms with van der Waals surface area (Å²) < 4.78 is 1.80. The lowest BCUT2D eigenvalue weighted by atomic mass is 9.96. The van der Waals surface area contributed by atoms with Gasteiger partial charge in [0.25, 0.3) is 0 Å². The number of aromatic nitrogens is 3. The number of rotatable bonds is 8. The fourth-order valence-corrected chi connectivity index (χ4v) is 1.86. The van der Waals surface area contributed by atoms with Crippen LogP contribution < -0.4 is 11.1 Å². The van der Waals surface area contributed by atoms with Crippen LogP contribution in [0.25, 0.3) is 0 Å². The van der Waals surface area contributed by atoms with Crippen LogP contribution in [0.3, 0.4) is 0 Å². The number of hydrogen-bond acceptors (Lipinski definition) is 4. The zero-order valence-corrected chi connectivity index (χ0v) is 11.2. The Morgan fingerprint density at radius 3 is 2.89 bits per heavy atom. The third kappa shape index (κ3) is 4.83. The van der Waals surface area contributed by atoms with Gasteiger partial charge in [0.2, 0.25) is 5.91 Å². The minimum atomic E-state index is 0.0634. The molecule has 0 saturated carbocycles. The first-order valence-corrected chi connectivity index (χ1v) is 6.47. The van der Waals surface area contributed by atoms with E-state index in [0.717, 1.165) is 25.1 Å². The fraction of sp³-hybridized carbons (Fsp3) is 0.750. The number of nitrogens with two attached hydrogens (primary N) is 1. The summed E-state index contributed by atoms with van der Waals surface area (Å²) in [5.74, 6) is 1.38. The van der Waals surface area contributed by atoms with Gasteiger partial charge in [-0.3, -0.25) is 4.79 Å². The summed E-state index contributed by atoms with van der Waals surface area (Å²) >= 11 is 0. The van der Waals surface area contributed by atoms with Crippen molar-refractivity contribution in [2.24, 2.45) is 18.7 Å². The van der Waals surface area contributed by atoms with Crippen LogP contribution >= 0.6 is 0 Å². The number of carbonyl (C=O) groups excluding carboxylic acids is 1. The predicted octanol–water partition coefficient (Wildman–Crippen LogP) is 0.587. The summed E-state index contributed by atoms with van der Waals surface area (Å²) in [7, 11) is 1.86. The molecule has 1 unspecified atom stereocenters. The highest BCUT2D eigenvalue weighted by Gasteiger charge is 2.09. The van der Waals surface area contributed by atoms with Crippen molar-refractivity contribution in [3.05, 3.63) is 12.2 Å². The maximum absolute atomic E-state index is 11.7. The summed E-state index contributed by atoms with van der Waals surface area (Å²) in [4.78, 5) is 11.7.